The third kappa shape index (κ3) is 5.74. The summed E-state index contributed by atoms with van der Waals surface area (Å²) in [4.78, 5) is 26.0. The van der Waals surface area contributed by atoms with Crippen LogP contribution in [0.15, 0.2) is 18.2 Å². The number of nitrogens with zero attached hydrogens (tertiary/aromatic N) is 1. The summed E-state index contributed by atoms with van der Waals surface area (Å²) in [7, 11) is 0. The highest BCUT2D eigenvalue weighted by molar-refractivity contribution is 5.85. The van der Waals surface area contributed by atoms with Crippen LogP contribution in [0.2, 0.25) is 0 Å². The highest BCUT2D eigenvalue weighted by Crippen LogP contribution is 2.30. The maximum absolute atomic E-state index is 12.6. The van der Waals surface area contributed by atoms with E-state index in [2.05, 4.69) is 5.32 Å². The summed E-state index contributed by atoms with van der Waals surface area (Å²) in [6.45, 7) is 4.16. The summed E-state index contributed by atoms with van der Waals surface area (Å²) in [5.74, 6) is 1.15. The number of fused-ring (bicyclic) bond motifs is 1. The molecule has 8 heteroatoms. The Morgan fingerprint density at radius 1 is 1.19 bits per heavy atom. The molecular weight excluding hydrogens is 370 g/mol. The minimum Gasteiger partial charge on any atom is -0.490 e. The van der Waals surface area contributed by atoms with Gasteiger partial charge in [-0.15, -0.1) is 12.4 Å². The fourth-order valence-corrected chi connectivity index (χ4v) is 3.34. The van der Waals surface area contributed by atoms with Gasteiger partial charge in [-0.25, -0.2) is 0 Å². The van der Waals surface area contributed by atoms with Crippen molar-refractivity contribution in [3.63, 3.8) is 0 Å². The van der Waals surface area contributed by atoms with Crippen molar-refractivity contribution in [2.45, 2.75) is 38.8 Å². The van der Waals surface area contributed by atoms with Crippen molar-refractivity contribution in [3.8, 4) is 11.5 Å². The van der Waals surface area contributed by atoms with Crippen LogP contribution >= 0.6 is 12.4 Å². The van der Waals surface area contributed by atoms with Gasteiger partial charge in [-0.1, -0.05) is 6.07 Å². The summed E-state index contributed by atoms with van der Waals surface area (Å²) in [6.07, 6.45) is 2.29. The number of likely N-dealkylation sites (tertiary alicyclic amines) is 1. The first kappa shape index (κ1) is 21.3. The number of amides is 2. The van der Waals surface area contributed by atoms with Crippen LogP contribution < -0.4 is 20.5 Å². The second kappa shape index (κ2) is 9.80. The molecule has 0 saturated carbocycles. The first-order valence-corrected chi connectivity index (χ1v) is 9.20. The number of carbonyl (C=O) groups is 2. The quantitative estimate of drug-likeness (QED) is 0.805. The molecule has 0 radical (unpaired) electrons. The summed E-state index contributed by atoms with van der Waals surface area (Å²) in [6, 6.07) is 5.65. The lowest BCUT2D eigenvalue weighted by molar-refractivity contribution is -0.131. The number of benzene rings is 1. The van der Waals surface area contributed by atoms with Gasteiger partial charge in [0, 0.05) is 39.0 Å². The van der Waals surface area contributed by atoms with Gasteiger partial charge in [0.15, 0.2) is 11.5 Å². The lowest BCUT2D eigenvalue weighted by Gasteiger charge is -2.23. The molecule has 1 aromatic rings. The van der Waals surface area contributed by atoms with Crippen LogP contribution in [0.4, 0.5) is 0 Å². The maximum Gasteiger partial charge on any atom is 0.225 e. The maximum atomic E-state index is 12.6. The number of rotatable bonds is 3. The molecule has 1 saturated heterocycles. The number of hydrogen-bond acceptors (Lipinski definition) is 5. The summed E-state index contributed by atoms with van der Waals surface area (Å²) < 4.78 is 11.3. The van der Waals surface area contributed by atoms with Crippen LogP contribution in [0, 0.1) is 5.92 Å². The van der Waals surface area contributed by atoms with Gasteiger partial charge in [-0.05, 0) is 30.5 Å². The molecule has 1 aromatic carbocycles. The normalized spacial score (nSPS) is 22.1. The Kier molecular flexibility index (Phi) is 7.74. The molecule has 2 aliphatic heterocycles. The molecule has 0 aliphatic carbocycles. The van der Waals surface area contributed by atoms with Crippen LogP contribution in [0.25, 0.3) is 0 Å². The van der Waals surface area contributed by atoms with Crippen LogP contribution in [-0.2, 0) is 16.1 Å². The molecule has 3 rings (SSSR count). The van der Waals surface area contributed by atoms with Crippen molar-refractivity contribution in [1.82, 2.24) is 10.2 Å². The Labute approximate surface area is 166 Å². The Morgan fingerprint density at radius 2 is 1.93 bits per heavy atom. The van der Waals surface area contributed by atoms with Gasteiger partial charge in [0.2, 0.25) is 11.8 Å². The van der Waals surface area contributed by atoms with E-state index < -0.39 is 0 Å². The molecule has 2 amide bonds. The van der Waals surface area contributed by atoms with Gasteiger partial charge >= 0.3 is 0 Å². The summed E-state index contributed by atoms with van der Waals surface area (Å²) >= 11 is 0. The van der Waals surface area contributed by atoms with Gasteiger partial charge in [-0.2, -0.15) is 0 Å². The molecule has 0 bridgehead atoms. The minimum absolute atomic E-state index is 0. The Morgan fingerprint density at radius 3 is 2.67 bits per heavy atom. The van der Waals surface area contributed by atoms with Crippen LogP contribution in [0.1, 0.15) is 31.7 Å². The second-order valence-corrected chi connectivity index (χ2v) is 7.01. The third-order valence-corrected chi connectivity index (χ3v) is 4.88. The standard InChI is InChI=1S/C19H27N3O4.ClH/c1-13(23)22-11-15(4-5-16(20)12-22)19(24)21-10-14-3-6-17-18(9-14)26-8-2-7-25-17;/h3,6,9,15-16H,2,4-5,7-8,10-12,20H2,1H3,(H,21,24);1H/t15-,16+;/m1./s1. The Bertz CT molecular complexity index is 670. The van der Waals surface area contributed by atoms with Gasteiger partial charge in [0.1, 0.15) is 0 Å². The van der Waals surface area contributed by atoms with Crippen molar-refractivity contribution in [3.05, 3.63) is 23.8 Å². The first-order valence-electron chi connectivity index (χ1n) is 9.20. The van der Waals surface area contributed by atoms with Crippen molar-refractivity contribution < 1.29 is 19.1 Å². The average Bonchev–Trinajstić information content (AvgIpc) is 2.97. The molecule has 7 nitrogen and oxygen atoms in total. The van der Waals surface area contributed by atoms with Crippen molar-refractivity contribution >= 4 is 24.2 Å². The van der Waals surface area contributed by atoms with E-state index in [0.717, 1.165) is 29.9 Å². The van der Waals surface area contributed by atoms with E-state index in [0.29, 0.717) is 39.3 Å². The fraction of sp³-hybridized carbons (Fsp3) is 0.579. The van der Waals surface area contributed by atoms with E-state index in [1.54, 1.807) is 4.90 Å². The van der Waals surface area contributed by atoms with Crippen molar-refractivity contribution in [1.29, 1.82) is 0 Å². The lowest BCUT2D eigenvalue weighted by Crippen LogP contribution is -2.42. The number of hydrogen-bond donors (Lipinski definition) is 2. The van der Waals surface area contributed by atoms with E-state index in [4.69, 9.17) is 15.2 Å². The highest BCUT2D eigenvalue weighted by Gasteiger charge is 2.28. The average molecular weight is 398 g/mol. The largest absolute Gasteiger partial charge is 0.490 e. The number of nitrogens with one attached hydrogen (secondary N) is 1. The van der Waals surface area contributed by atoms with E-state index >= 15 is 0 Å². The minimum atomic E-state index is -0.229. The number of carbonyl (C=O) groups excluding carboxylic acids is 2. The molecule has 0 spiro atoms. The van der Waals surface area contributed by atoms with E-state index in [-0.39, 0.29) is 36.2 Å². The zero-order valence-corrected chi connectivity index (χ0v) is 16.4. The van der Waals surface area contributed by atoms with Gasteiger partial charge in [0.05, 0.1) is 19.1 Å². The molecular formula is C19H28ClN3O4. The molecule has 150 valence electrons. The van der Waals surface area contributed by atoms with E-state index in [1.807, 2.05) is 18.2 Å². The first-order chi connectivity index (χ1) is 12.5. The zero-order chi connectivity index (χ0) is 18.5. The molecule has 3 N–H and O–H groups in total. The van der Waals surface area contributed by atoms with Crippen molar-refractivity contribution in [2.75, 3.05) is 26.3 Å². The summed E-state index contributed by atoms with van der Waals surface area (Å²) in [5, 5.41) is 2.98. The molecule has 2 atom stereocenters. The van der Waals surface area contributed by atoms with Crippen LogP contribution in [-0.4, -0.2) is 49.1 Å². The summed E-state index contributed by atoms with van der Waals surface area (Å²) in [5.41, 5.74) is 6.97. The zero-order valence-electron chi connectivity index (χ0n) is 15.6. The highest BCUT2D eigenvalue weighted by atomic mass is 35.5. The van der Waals surface area contributed by atoms with E-state index in [9.17, 15) is 9.59 Å². The topological polar surface area (TPSA) is 93.9 Å². The molecule has 2 heterocycles. The SMILES string of the molecule is CC(=O)N1C[C@@H](N)CC[C@@H](C(=O)NCc2ccc3c(c2)OCCCO3)C1.Cl. The molecule has 1 fully saturated rings. The van der Waals surface area contributed by atoms with Crippen molar-refractivity contribution in [2.24, 2.45) is 11.7 Å². The van der Waals surface area contributed by atoms with Crippen LogP contribution in [0.3, 0.4) is 0 Å². The Hall–Kier alpha value is -1.99. The molecule has 2 aliphatic rings. The predicted molar refractivity (Wildman–Crippen MR) is 104 cm³/mol. The number of halogens is 1. The second-order valence-electron chi connectivity index (χ2n) is 7.01. The smallest absolute Gasteiger partial charge is 0.225 e. The monoisotopic (exact) mass is 397 g/mol. The molecule has 27 heavy (non-hydrogen) atoms. The van der Waals surface area contributed by atoms with Gasteiger partial charge in [0.25, 0.3) is 0 Å². The number of nitrogens with two attached hydrogens (primary N) is 1. The predicted octanol–water partition coefficient (Wildman–Crippen LogP) is 1.47. The van der Waals surface area contributed by atoms with Gasteiger partial charge in [-0.3, -0.25) is 9.59 Å². The van der Waals surface area contributed by atoms with Crippen LogP contribution in [0.5, 0.6) is 11.5 Å². The lowest BCUT2D eigenvalue weighted by atomic mass is 10.0. The third-order valence-electron chi connectivity index (χ3n) is 4.88. The Balaban J connectivity index is 0.00000261. The fourth-order valence-electron chi connectivity index (χ4n) is 3.34. The molecule has 0 unspecified atom stereocenters. The number of ether oxygens (including phenoxy) is 2. The van der Waals surface area contributed by atoms with Gasteiger partial charge < -0.3 is 25.4 Å². The van der Waals surface area contributed by atoms with E-state index in [1.165, 1.54) is 6.92 Å². The molecule has 0 aromatic heterocycles.